The average molecular weight is 455 g/mol. The summed E-state index contributed by atoms with van der Waals surface area (Å²) in [5.41, 5.74) is 2.10. The van der Waals surface area contributed by atoms with Gasteiger partial charge in [-0.1, -0.05) is 19.1 Å². The van der Waals surface area contributed by atoms with Gasteiger partial charge in [-0.2, -0.15) is 0 Å². The Hall–Kier alpha value is -2.77. The summed E-state index contributed by atoms with van der Waals surface area (Å²) in [5.74, 6) is 2.19. The topological polar surface area (TPSA) is 63.9 Å². The highest BCUT2D eigenvalue weighted by Crippen LogP contribution is 2.45. The van der Waals surface area contributed by atoms with Crippen LogP contribution < -0.4 is 14.8 Å². The number of hydrogen-bond acceptors (Lipinski definition) is 6. The molecular weight excluding hydrogens is 424 g/mol. The molecule has 0 aliphatic carbocycles. The summed E-state index contributed by atoms with van der Waals surface area (Å²) >= 11 is 1.58. The van der Waals surface area contributed by atoms with Crippen LogP contribution in [0.4, 0.5) is 5.00 Å². The molecule has 1 amide bonds. The van der Waals surface area contributed by atoms with E-state index < -0.39 is 0 Å². The molecule has 6 nitrogen and oxygen atoms in total. The Morgan fingerprint density at radius 3 is 2.59 bits per heavy atom. The maximum atomic E-state index is 12.8. The summed E-state index contributed by atoms with van der Waals surface area (Å²) < 4.78 is 16.7. The Bertz CT molecular complexity index is 1050. The molecule has 0 radical (unpaired) electrons. The Morgan fingerprint density at radius 1 is 1.16 bits per heavy atom. The molecule has 1 fully saturated rings. The Morgan fingerprint density at radius 2 is 1.94 bits per heavy atom. The molecule has 1 aliphatic heterocycles. The minimum atomic E-state index is -0.248. The molecule has 3 aromatic rings. The van der Waals surface area contributed by atoms with Crippen molar-refractivity contribution in [2.24, 2.45) is 5.92 Å². The number of rotatable bonds is 7. The molecule has 0 spiro atoms. The van der Waals surface area contributed by atoms with Crippen molar-refractivity contribution in [3.63, 3.8) is 0 Å². The molecule has 32 heavy (non-hydrogen) atoms. The summed E-state index contributed by atoms with van der Waals surface area (Å²) in [5, 5.41) is 3.92. The van der Waals surface area contributed by atoms with Crippen molar-refractivity contribution >= 4 is 22.2 Å². The monoisotopic (exact) mass is 454 g/mol. The van der Waals surface area contributed by atoms with E-state index in [4.69, 9.17) is 13.9 Å². The summed E-state index contributed by atoms with van der Waals surface area (Å²) in [7, 11) is 3.33. The summed E-state index contributed by atoms with van der Waals surface area (Å²) in [4.78, 5) is 16.4. The maximum Gasteiger partial charge on any atom is 0.291 e. The second kappa shape index (κ2) is 9.79. The highest BCUT2D eigenvalue weighted by molar-refractivity contribution is 7.16. The Kier molecular flexibility index (Phi) is 6.86. The van der Waals surface area contributed by atoms with Gasteiger partial charge < -0.3 is 19.2 Å². The molecule has 0 saturated carbocycles. The predicted octanol–water partition coefficient (Wildman–Crippen LogP) is 5.74. The molecule has 4 rings (SSSR count). The second-order valence-corrected chi connectivity index (χ2v) is 9.53. The fraction of sp³-hybridized carbons (Fsp3) is 0.400. The number of thiophene rings is 1. The first-order chi connectivity index (χ1) is 15.5. The second-order valence-electron chi connectivity index (χ2n) is 8.28. The van der Waals surface area contributed by atoms with Gasteiger partial charge in [-0.05, 0) is 63.0 Å². The van der Waals surface area contributed by atoms with E-state index in [0.29, 0.717) is 17.4 Å². The third-order valence-electron chi connectivity index (χ3n) is 6.06. The number of aryl methyl sites for hydroxylation is 1. The van der Waals surface area contributed by atoms with Crippen LogP contribution in [0, 0.1) is 12.8 Å². The third-order valence-corrected chi connectivity index (χ3v) is 7.04. The van der Waals surface area contributed by atoms with Crippen molar-refractivity contribution in [1.82, 2.24) is 4.90 Å². The van der Waals surface area contributed by atoms with Crippen LogP contribution in [0.5, 0.6) is 11.5 Å². The number of methoxy groups -OCH3 is 2. The van der Waals surface area contributed by atoms with Crippen LogP contribution in [0.25, 0.3) is 0 Å². The van der Waals surface area contributed by atoms with Crippen LogP contribution in [-0.4, -0.2) is 38.1 Å². The quantitative estimate of drug-likeness (QED) is 0.493. The zero-order valence-corrected chi connectivity index (χ0v) is 19.8. The fourth-order valence-electron chi connectivity index (χ4n) is 4.38. The SMILES string of the molecule is COc1cccc(C(c2cc(C)sc2NC(=O)c2ccco2)N2CCC(C)CC2)c1OC. The van der Waals surface area contributed by atoms with E-state index in [2.05, 4.69) is 36.2 Å². The lowest BCUT2D eigenvalue weighted by atomic mass is 9.92. The van der Waals surface area contributed by atoms with Crippen molar-refractivity contribution < 1.29 is 18.7 Å². The van der Waals surface area contributed by atoms with Gasteiger partial charge in [0.25, 0.3) is 5.91 Å². The van der Waals surface area contributed by atoms with Crippen molar-refractivity contribution in [3.05, 3.63) is 64.4 Å². The minimum Gasteiger partial charge on any atom is -0.493 e. The van der Waals surface area contributed by atoms with Gasteiger partial charge in [-0.15, -0.1) is 11.3 Å². The largest absolute Gasteiger partial charge is 0.493 e. The van der Waals surface area contributed by atoms with Crippen molar-refractivity contribution in [2.75, 3.05) is 32.6 Å². The molecule has 3 heterocycles. The number of carbonyl (C=O) groups excluding carboxylic acids is 1. The highest BCUT2D eigenvalue weighted by Gasteiger charge is 2.32. The summed E-state index contributed by atoms with van der Waals surface area (Å²) in [6.45, 7) is 6.33. The first-order valence-corrected chi connectivity index (χ1v) is 11.7. The lowest BCUT2D eigenvalue weighted by molar-refractivity contribution is 0.0996. The van der Waals surface area contributed by atoms with Crippen LogP contribution >= 0.6 is 11.3 Å². The van der Waals surface area contributed by atoms with Crippen LogP contribution in [0.15, 0.2) is 47.1 Å². The van der Waals surface area contributed by atoms with Gasteiger partial charge in [0.2, 0.25) is 0 Å². The molecule has 170 valence electrons. The Balaban J connectivity index is 1.79. The standard InChI is InChI=1S/C25H30N2O4S/c1-16-10-12-27(13-11-16)22(18-7-5-8-20(29-3)23(18)30-4)19-15-17(2)32-25(19)26-24(28)21-9-6-14-31-21/h5-9,14-16,22H,10-13H2,1-4H3,(H,26,28). The van der Waals surface area contributed by atoms with Gasteiger partial charge >= 0.3 is 0 Å². The number of hydrogen-bond donors (Lipinski definition) is 1. The normalized spacial score (nSPS) is 16.0. The van der Waals surface area contributed by atoms with Gasteiger partial charge in [0.15, 0.2) is 17.3 Å². The van der Waals surface area contributed by atoms with Crippen molar-refractivity contribution in [3.8, 4) is 11.5 Å². The molecule has 2 aromatic heterocycles. The molecule has 1 N–H and O–H groups in total. The number of anilines is 1. The molecule has 0 bridgehead atoms. The third kappa shape index (κ3) is 4.54. The number of nitrogens with one attached hydrogen (secondary N) is 1. The van der Waals surface area contributed by atoms with E-state index in [1.54, 1.807) is 37.7 Å². The lowest BCUT2D eigenvalue weighted by Gasteiger charge is -2.38. The summed E-state index contributed by atoms with van der Waals surface area (Å²) in [6, 6.07) is 11.5. The first-order valence-electron chi connectivity index (χ1n) is 10.9. The van der Waals surface area contributed by atoms with Gasteiger partial charge in [0.05, 0.1) is 26.5 Å². The highest BCUT2D eigenvalue weighted by atomic mass is 32.1. The summed E-state index contributed by atoms with van der Waals surface area (Å²) in [6.07, 6.45) is 3.79. The fourth-order valence-corrected chi connectivity index (χ4v) is 5.32. The van der Waals surface area contributed by atoms with Gasteiger partial charge in [0, 0.05) is 16.0 Å². The van der Waals surface area contributed by atoms with Crippen LogP contribution in [0.2, 0.25) is 0 Å². The number of para-hydroxylation sites is 1. The number of carbonyl (C=O) groups is 1. The van der Waals surface area contributed by atoms with Crippen LogP contribution in [0.3, 0.4) is 0 Å². The van der Waals surface area contributed by atoms with E-state index in [0.717, 1.165) is 52.7 Å². The molecule has 1 aromatic carbocycles. The lowest BCUT2D eigenvalue weighted by Crippen LogP contribution is -2.37. The van der Waals surface area contributed by atoms with Crippen molar-refractivity contribution in [1.29, 1.82) is 0 Å². The first kappa shape index (κ1) is 22.4. The van der Waals surface area contributed by atoms with Gasteiger partial charge in [-0.25, -0.2) is 0 Å². The van der Waals surface area contributed by atoms with Crippen LogP contribution in [0.1, 0.15) is 52.4 Å². The molecular formula is C25H30N2O4S. The number of ether oxygens (including phenoxy) is 2. The van der Waals surface area contributed by atoms with E-state index >= 15 is 0 Å². The number of nitrogens with zero attached hydrogens (tertiary/aromatic N) is 1. The average Bonchev–Trinajstić information content (AvgIpc) is 3.45. The zero-order valence-electron chi connectivity index (χ0n) is 19.0. The number of likely N-dealkylation sites (tertiary alicyclic amines) is 1. The molecule has 1 saturated heterocycles. The number of benzene rings is 1. The molecule has 7 heteroatoms. The van der Waals surface area contributed by atoms with Gasteiger partial charge in [0.1, 0.15) is 5.00 Å². The Labute approximate surface area is 193 Å². The number of piperidine rings is 1. The van der Waals surface area contributed by atoms with E-state index in [1.165, 1.54) is 6.26 Å². The smallest absolute Gasteiger partial charge is 0.291 e. The molecule has 1 atom stereocenters. The van der Waals surface area contributed by atoms with Crippen LogP contribution in [-0.2, 0) is 0 Å². The van der Waals surface area contributed by atoms with E-state index in [-0.39, 0.29) is 11.9 Å². The minimum absolute atomic E-state index is 0.0654. The maximum absolute atomic E-state index is 12.8. The van der Waals surface area contributed by atoms with E-state index in [1.807, 2.05) is 12.1 Å². The van der Waals surface area contributed by atoms with E-state index in [9.17, 15) is 4.79 Å². The predicted molar refractivity (Wildman–Crippen MR) is 127 cm³/mol. The zero-order chi connectivity index (χ0) is 22.7. The molecule has 1 aliphatic rings. The number of furan rings is 1. The molecule has 1 unspecified atom stereocenters. The number of amides is 1. The van der Waals surface area contributed by atoms with Gasteiger partial charge in [-0.3, -0.25) is 9.69 Å². The van der Waals surface area contributed by atoms with Crippen molar-refractivity contribution in [2.45, 2.75) is 32.7 Å².